The standard InChI is InChI=1S/C50H53FO10/c1-3-5-7-9-11-13-33-56-39-21-15-36(16-22-39)47(52)58-41-25-19-38(20-26-41)49(54)61-44-31-32-46(51)45(35-44)50(55)60-43-29-27-42(28-30-43)59-48(53)37-17-23-40(24-18-37)57-34-14-12-10-8-6-4-2/h15-32,35H,3-14,33-34H2,1-2H3. The van der Waals surface area contributed by atoms with Crippen LogP contribution in [0.3, 0.4) is 0 Å². The molecule has 0 aliphatic carbocycles. The molecule has 0 heterocycles. The van der Waals surface area contributed by atoms with E-state index in [-0.39, 0.29) is 28.6 Å². The van der Waals surface area contributed by atoms with Crippen LogP contribution in [0.5, 0.6) is 34.5 Å². The second-order valence-corrected chi connectivity index (χ2v) is 14.5. The monoisotopic (exact) mass is 832 g/mol. The number of carbonyl (C=O) groups is 4. The Labute approximate surface area is 356 Å². The molecule has 0 fully saturated rings. The quantitative estimate of drug-likeness (QED) is 0.0337. The zero-order valence-electron chi connectivity index (χ0n) is 34.8. The third kappa shape index (κ3) is 15.2. The van der Waals surface area contributed by atoms with Gasteiger partial charge in [-0.2, -0.15) is 0 Å². The molecule has 0 aliphatic heterocycles. The molecule has 11 heteroatoms. The first-order valence-electron chi connectivity index (χ1n) is 21.1. The van der Waals surface area contributed by atoms with Crippen LogP contribution >= 0.6 is 0 Å². The first-order chi connectivity index (χ1) is 29.7. The summed E-state index contributed by atoms with van der Waals surface area (Å²) < 4.78 is 48.0. The molecule has 0 amide bonds. The smallest absolute Gasteiger partial charge is 0.346 e. The van der Waals surface area contributed by atoms with Crippen LogP contribution in [0.4, 0.5) is 4.39 Å². The number of hydrogen-bond donors (Lipinski definition) is 0. The molecule has 0 bridgehead atoms. The minimum Gasteiger partial charge on any atom is -0.494 e. The number of carbonyl (C=O) groups excluding carboxylic acids is 4. The Balaban J connectivity index is 1.06. The maximum absolute atomic E-state index is 14.8. The van der Waals surface area contributed by atoms with Crippen molar-refractivity contribution in [1.29, 1.82) is 0 Å². The molecule has 0 unspecified atom stereocenters. The van der Waals surface area contributed by atoms with E-state index in [1.165, 1.54) is 106 Å². The fourth-order valence-corrected chi connectivity index (χ4v) is 6.14. The van der Waals surface area contributed by atoms with Crippen molar-refractivity contribution < 1.29 is 52.0 Å². The molecule has 5 aromatic rings. The topological polar surface area (TPSA) is 124 Å². The van der Waals surface area contributed by atoms with E-state index in [4.69, 9.17) is 28.4 Å². The molecule has 5 rings (SSSR count). The number of esters is 4. The van der Waals surface area contributed by atoms with Gasteiger partial charge in [0.15, 0.2) is 0 Å². The Morgan fingerprint density at radius 3 is 1.10 bits per heavy atom. The van der Waals surface area contributed by atoms with Crippen molar-refractivity contribution in [2.24, 2.45) is 0 Å². The summed E-state index contributed by atoms with van der Waals surface area (Å²) in [6.45, 7) is 5.61. The molecule has 0 saturated carbocycles. The molecule has 0 atom stereocenters. The minimum atomic E-state index is -1.04. The Morgan fingerprint density at radius 2 is 0.689 bits per heavy atom. The SMILES string of the molecule is CCCCCCCCOc1ccc(C(=O)Oc2ccc(OC(=O)c3cc(OC(=O)c4ccc(OC(=O)c5ccc(OCCCCCCCC)cc5)cc4)ccc3F)cc2)cc1. The van der Waals surface area contributed by atoms with Crippen LogP contribution in [0.15, 0.2) is 115 Å². The summed E-state index contributed by atoms with van der Waals surface area (Å²) >= 11 is 0. The Kier molecular flexibility index (Phi) is 18.4. The summed E-state index contributed by atoms with van der Waals surface area (Å²) in [4.78, 5) is 51.3. The van der Waals surface area contributed by atoms with Crippen LogP contribution in [-0.4, -0.2) is 37.1 Å². The molecule has 5 aromatic carbocycles. The van der Waals surface area contributed by atoms with Crippen molar-refractivity contribution in [3.8, 4) is 34.5 Å². The molecule has 0 aromatic heterocycles. The van der Waals surface area contributed by atoms with Crippen molar-refractivity contribution in [3.05, 3.63) is 143 Å². The molecular formula is C50H53FO10. The second-order valence-electron chi connectivity index (χ2n) is 14.5. The number of unbranched alkanes of at least 4 members (excludes halogenated alkanes) is 10. The fraction of sp³-hybridized carbons (Fsp3) is 0.320. The van der Waals surface area contributed by atoms with E-state index in [0.717, 1.165) is 37.8 Å². The third-order valence-corrected chi connectivity index (χ3v) is 9.63. The molecule has 0 spiro atoms. The lowest BCUT2D eigenvalue weighted by molar-refractivity contribution is 0.0709. The fourth-order valence-electron chi connectivity index (χ4n) is 6.14. The lowest BCUT2D eigenvalue weighted by Gasteiger charge is -2.10. The Bertz CT molecular complexity index is 2150. The summed E-state index contributed by atoms with van der Waals surface area (Å²) in [5.41, 5.74) is 0.310. The van der Waals surface area contributed by atoms with Gasteiger partial charge in [-0.3, -0.25) is 0 Å². The van der Waals surface area contributed by atoms with E-state index in [9.17, 15) is 23.6 Å². The van der Waals surface area contributed by atoms with E-state index in [0.29, 0.717) is 35.8 Å². The molecule has 61 heavy (non-hydrogen) atoms. The van der Waals surface area contributed by atoms with Crippen LogP contribution in [0.2, 0.25) is 0 Å². The first kappa shape index (κ1) is 45.6. The average Bonchev–Trinajstić information content (AvgIpc) is 3.27. The van der Waals surface area contributed by atoms with Crippen LogP contribution < -0.4 is 28.4 Å². The number of halogens is 1. The summed E-state index contributed by atoms with van der Waals surface area (Å²) in [6.07, 6.45) is 14.0. The van der Waals surface area contributed by atoms with Gasteiger partial charge in [0.05, 0.1) is 35.5 Å². The molecule has 0 N–H and O–H groups in total. The van der Waals surface area contributed by atoms with Gasteiger partial charge in [-0.25, -0.2) is 23.6 Å². The highest BCUT2D eigenvalue weighted by Crippen LogP contribution is 2.25. The van der Waals surface area contributed by atoms with Gasteiger partial charge in [-0.1, -0.05) is 78.1 Å². The normalized spacial score (nSPS) is 10.7. The third-order valence-electron chi connectivity index (χ3n) is 9.63. The number of hydrogen-bond acceptors (Lipinski definition) is 10. The van der Waals surface area contributed by atoms with Gasteiger partial charge >= 0.3 is 23.9 Å². The zero-order valence-corrected chi connectivity index (χ0v) is 34.8. The summed E-state index contributed by atoms with van der Waals surface area (Å²) in [6, 6.07) is 28.0. The number of rotatable bonds is 24. The predicted octanol–water partition coefficient (Wildman–Crippen LogP) is 12.2. The van der Waals surface area contributed by atoms with Gasteiger partial charge < -0.3 is 28.4 Å². The molecule has 0 saturated heterocycles. The van der Waals surface area contributed by atoms with Crippen LogP contribution in [0, 0.1) is 5.82 Å². The summed E-state index contributed by atoms with van der Waals surface area (Å²) in [5.74, 6) is -2.18. The van der Waals surface area contributed by atoms with Gasteiger partial charge in [0.25, 0.3) is 0 Å². The molecule has 320 valence electrons. The van der Waals surface area contributed by atoms with E-state index < -0.39 is 35.3 Å². The summed E-state index contributed by atoms with van der Waals surface area (Å²) in [5, 5.41) is 0. The van der Waals surface area contributed by atoms with E-state index >= 15 is 0 Å². The van der Waals surface area contributed by atoms with E-state index in [1.807, 2.05) is 0 Å². The average molecular weight is 833 g/mol. The minimum absolute atomic E-state index is 0.0593. The van der Waals surface area contributed by atoms with Crippen molar-refractivity contribution in [2.45, 2.75) is 90.9 Å². The van der Waals surface area contributed by atoms with Crippen molar-refractivity contribution in [2.75, 3.05) is 13.2 Å². The predicted molar refractivity (Wildman–Crippen MR) is 230 cm³/mol. The maximum Gasteiger partial charge on any atom is 0.346 e. The largest absolute Gasteiger partial charge is 0.494 e. The van der Waals surface area contributed by atoms with E-state index in [1.54, 1.807) is 48.5 Å². The highest BCUT2D eigenvalue weighted by molar-refractivity contribution is 5.94. The van der Waals surface area contributed by atoms with Crippen LogP contribution in [-0.2, 0) is 0 Å². The van der Waals surface area contributed by atoms with Crippen molar-refractivity contribution >= 4 is 23.9 Å². The zero-order chi connectivity index (χ0) is 43.2. The first-order valence-corrected chi connectivity index (χ1v) is 21.1. The molecule has 10 nitrogen and oxygen atoms in total. The number of benzene rings is 5. The molecule has 0 radical (unpaired) electrons. The Hall–Kier alpha value is -6.49. The van der Waals surface area contributed by atoms with Gasteiger partial charge in [0.1, 0.15) is 40.3 Å². The highest BCUT2D eigenvalue weighted by atomic mass is 19.1. The molecule has 0 aliphatic rings. The van der Waals surface area contributed by atoms with Crippen molar-refractivity contribution in [1.82, 2.24) is 0 Å². The highest BCUT2D eigenvalue weighted by Gasteiger charge is 2.19. The molecular weight excluding hydrogens is 780 g/mol. The van der Waals surface area contributed by atoms with E-state index in [2.05, 4.69) is 13.8 Å². The Morgan fingerprint density at radius 1 is 0.377 bits per heavy atom. The van der Waals surface area contributed by atoms with Gasteiger partial charge in [0, 0.05) is 0 Å². The lowest BCUT2D eigenvalue weighted by atomic mass is 10.1. The van der Waals surface area contributed by atoms with Gasteiger partial charge in [-0.05, 0) is 128 Å². The van der Waals surface area contributed by atoms with Crippen LogP contribution in [0.1, 0.15) is 132 Å². The van der Waals surface area contributed by atoms with Gasteiger partial charge in [0.2, 0.25) is 0 Å². The summed E-state index contributed by atoms with van der Waals surface area (Å²) in [7, 11) is 0. The maximum atomic E-state index is 14.8. The second kappa shape index (κ2) is 24.6. The lowest BCUT2D eigenvalue weighted by Crippen LogP contribution is -2.13. The van der Waals surface area contributed by atoms with Crippen LogP contribution in [0.25, 0.3) is 0 Å². The number of ether oxygens (including phenoxy) is 6. The van der Waals surface area contributed by atoms with Crippen molar-refractivity contribution in [3.63, 3.8) is 0 Å². The van der Waals surface area contributed by atoms with Gasteiger partial charge in [-0.15, -0.1) is 0 Å².